The minimum absolute atomic E-state index is 0.136. The van der Waals surface area contributed by atoms with Crippen molar-refractivity contribution < 1.29 is 19.8 Å². The van der Waals surface area contributed by atoms with Gasteiger partial charge in [0.2, 0.25) is 5.91 Å². The van der Waals surface area contributed by atoms with Crippen LogP contribution in [0.3, 0.4) is 0 Å². The number of amides is 1. The standard InChI is InChI=1S/C20H17NO4/c22-15(12-19(24)21-14-7-2-1-3-8-14)11-17-16-9-5-4-6-13(16)10-18(23)20(17)25/h1-10,23,25H,11-12H2,(H,21,24). The van der Waals surface area contributed by atoms with Gasteiger partial charge in [-0.3, -0.25) is 9.59 Å². The van der Waals surface area contributed by atoms with Gasteiger partial charge in [-0.2, -0.15) is 0 Å². The Bertz CT molecular complexity index is 935. The molecule has 0 aliphatic rings. The molecule has 25 heavy (non-hydrogen) atoms. The fourth-order valence-electron chi connectivity index (χ4n) is 2.74. The van der Waals surface area contributed by atoms with Crippen molar-refractivity contribution in [3.05, 3.63) is 66.2 Å². The van der Waals surface area contributed by atoms with E-state index in [4.69, 9.17) is 0 Å². The van der Waals surface area contributed by atoms with E-state index in [1.807, 2.05) is 6.07 Å². The maximum Gasteiger partial charge on any atom is 0.231 e. The van der Waals surface area contributed by atoms with Gasteiger partial charge in [-0.25, -0.2) is 0 Å². The molecule has 0 bridgehead atoms. The number of nitrogens with one attached hydrogen (secondary N) is 1. The topological polar surface area (TPSA) is 86.6 Å². The van der Waals surface area contributed by atoms with E-state index in [-0.39, 0.29) is 30.1 Å². The molecule has 0 aromatic heterocycles. The van der Waals surface area contributed by atoms with E-state index in [1.54, 1.807) is 48.5 Å². The van der Waals surface area contributed by atoms with Crippen LogP contribution in [-0.4, -0.2) is 21.9 Å². The van der Waals surface area contributed by atoms with Gasteiger partial charge < -0.3 is 15.5 Å². The van der Waals surface area contributed by atoms with Gasteiger partial charge in [0.25, 0.3) is 0 Å². The Kier molecular flexibility index (Phi) is 4.66. The molecule has 3 aromatic carbocycles. The Morgan fingerprint density at radius 3 is 2.36 bits per heavy atom. The van der Waals surface area contributed by atoms with Crippen molar-refractivity contribution in [2.45, 2.75) is 12.8 Å². The monoisotopic (exact) mass is 335 g/mol. The number of aromatic hydroxyl groups is 2. The number of fused-ring (bicyclic) bond motifs is 1. The van der Waals surface area contributed by atoms with Crippen LogP contribution in [0.4, 0.5) is 5.69 Å². The first-order valence-electron chi connectivity index (χ1n) is 7.84. The van der Waals surface area contributed by atoms with Crippen molar-refractivity contribution in [3.8, 4) is 11.5 Å². The quantitative estimate of drug-likeness (QED) is 0.493. The maximum absolute atomic E-state index is 12.3. The average molecular weight is 335 g/mol. The second kappa shape index (κ2) is 7.05. The predicted molar refractivity (Wildman–Crippen MR) is 95.7 cm³/mol. The molecule has 3 N–H and O–H groups in total. The first kappa shape index (κ1) is 16.5. The number of carbonyl (C=O) groups excluding carboxylic acids is 2. The summed E-state index contributed by atoms with van der Waals surface area (Å²) in [4.78, 5) is 24.3. The van der Waals surface area contributed by atoms with Crippen molar-refractivity contribution in [1.82, 2.24) is 0 Å². The van der Waals surface area contributed by atoms with E-state index in [0.717, 1.165) is 0 Å². The summed E-state index contributed by atoms with van der Waals surface area (Å²) >= 11 is 0. The fourth-order valence-corrected chi connectivity index (χ4v) is 2.74. The van der Waals surface area contributed by atoms with Crippen LogP contribution in [0.15, 0.2) is 60.7 Å². The molecular weight excluding hydrogens is 318 g/mol. The zero-order valence-corrected chi connectivity index (χ0v) is 13.4. The van der Waals surface area contributed by atoms with E-state index in [2.05, 4.69) is 5.32 Å². The minimum Gasteiger partial charge on any atom is -0.504 e. The van der Waals surface area contributed by atoms with E-state index in [0.29, 0.717) is 22.0 Å². The zero-order chi connectivity index (χ0) is 17.8. The molecule has 0 atom stereocenters. The molecule has 0 spiro atoms. The maximum atomic E-state index is 12.3. The number of hydrogen-bond donors (Lipinski definition) is 3. The summed E-state index contributed by atoms with van der Waals surface area (Å²) in [7, 11) is 0. The Morgan fingerprint density at radius 2 is 1.60 bits per heavy atom. The number of rotatable bonds is 5. The lowest BCUT2D eigenvalue weighted by atomic mass is 9.97. The van der Waals surface area contributed by atoms with Gasteiger partial charge in [0.15, 0.2) is 11.5 Å². The van der Waals surface area contributed by atoms with Crippen molar-refractivity contribution in [1.29, 1.82) is 0 Å². The van der Waals surface area contributed by atoms with E-state index >= 15 is 0 Å². The Balaban J connectivity index is 1.76. The lowest BCUT2D eigenvalue weighted by Gasteiger charge is -2.10. The fraction of sp³-hybridized carbons (Fsp3) is 0.100. The Hall–Kier alpha value is -3.34. The van der Waals surface area contributed by atoms with Crippen LogP contribution in [0, 0.1) is 0 Å². The van der Waals surface area contributed by atoms with E-state index in [1.165, 1.54) is 6.07 Å². The number of Topliss-reactive ketones (excluding diaryl/α,β-unsaturated/α-hetero) is 1. The molecule has 0 unspecified atom stereocenters. The Labute approximate surface area is 144 Å². The SMILES string of the molecule is O=C(CC(=O)Nc1ccccc1)Cc1c(O)c(O)cc2ccccc12. The van der Waals surface area contributed by atoms with Crippen LogP contribution in [0.5, 0.6) is 11.5 Å². The van der Waals surface area contributed by atoms with Gasteiger partial charge in [-0.15, -0.1) is 0 Å². The second-order valence-electron chi connectivity index (χ2n) is 5.75. The number of para-hydroxylation sites is 1. The summed E-state index contributed by atoms with van der Waals surface area (Å²) in [6.45, 7) is 0. The summed E-state index contributed by atoms with van der Waals surface area (Å²) in [6.07, 6.45) is -0.443. The second-order valence-corrected chi connectivity index (χ2v) is 5.75. The number of phenolic OH excluding ortho intramolecular Hbond substituents is 2. The molecule has 3 rings (SSSR count). The van der Waals surface area contributed by atoms with Crippen molar-refractivity contribution in [2.75, 3.05) is 5.32 Å². The van der Waals surface area contributed by atoms with Crippen LogP contribution in [0.1, 0.15) is 12.0 Å². The molecule has 0 radical (unpaired) electrons. The lowest BCUT2D eigenvalue weighted by molar-refractivity contribution is -0.125. The first-order valence-corrected chi connectivity index (χ1v) is 7.84. The highest BCUT2D eigenvalue weighted by atomic mass is 16.3. The van der Waals surface area contributed by atoms with Gasteiger partial charge in [0.1, 0.15) is 5.78 Å². The molecule has 1 amide bonds. The van der Waals surface area contributed by atoms with Crippen LogP contribution in [-0.2, 0) is 16.0 Å². The predicted octanol–water partition coefficient (Wildman–Crippen LogP) is 3.39. The summed E-state index contributed by atoms with van der Waals surface area (Å²) in [5.74, 6) is -1.37. The molecule has 0 saturated heterocycles. The Morgan fingerprint density at radius 1 is 0.920 bits per heavy atom. The third-order valence-electron chi connectivity index (χ3n) is 3.90. The number of ketones is 1. The van der Waals surface area contributed by atoms with Crippen molar-refractivity contribution in [3.63, 3.8) is 0 Å². The number of hydrogen-bond acceptors (Lipinski definition) is 4. The number of carbonyl (C=O) groups is 2. The normalized spacial score (nSPS) is 10.6. The van der Waals surface area contributed by atoms with Gasteiger partial charge in [0.05, 0.1) is 6.42 Å². The van der Waals surface area contributed by atoms with E-state index < -0.39 is 5.91 Å². The summed E-state index contributed by atoms with van der Waals surface area (Å²) in [5.41, 5.74) is 0.944. The van der Waals surface area contributed by atoms with Gasteiger partial charge in [-0.1, -0.05) is 42.5 Å². The minimum atomic E-state index is -0.417. The highest BCUT2D eigenvalue weighted by molar-refractivity contribution is 6.06. The molecule has 126 valence electrons. The third kappa shape index (κ3) is 3.77. The van der Waals surface area contributed by atoms with Gasteiger partial charge >= 0.3 is 0 Å². The van der Waals surface area contributed by atoms with Gasteiger partial charge in [0, 0.05) is 17.7 Å². The summed E-state index contributed by atoms with van der Waals surface area (Å²) < 4.78 is 0. The molecule has 5 nitrogen and oxygen atoms in total. The van der Waals surface area contributed by atoms with Crippen LogP contribution >= 0.6 is 0 Å². The van der Waals surface area contributed by atoms with Crippen molar-refractivity contribution in [2.24, 2.45) is 0 Å². The largest absolute Gasteiger partial charge is 0.504 e. The molecule has 5 heteroatoms. The van der Waals surface area contributed by atoms with Gasteiger partial charge in [-0.05, 0) is 29.0 Å². The van der Waals surface area contributed by atoms with Crippen LogP contribution in [0.25, 0.3) is 10.8 Å². The summed E-state index contributed by atoms with van der Waals surface area (Å²) in [6, 6.07) is 17.5. The first-order chi connectivity index (χ1) is 12.0. The highest BCUT2D eigenvalue weighted by Gasteiger charge is 2.17. The lowest BCUT2D eigenvalue weighted by Crippen LogP contribution is -2.17. The molecule has 0 fully saturated rings. The smallest absolute Gasteiger partial charge is 0.231 e. The highest BCUT2D eigenvalue weighted by Crippen LogP contribution is 2.36. The molecule has 0 aliphatic heterocycles. The van der Waals surface area contributed by atoms with Crippen LogP contribution < -0.4 is 5.32 Å². The molecule has 0 aliphatic carbocycles. The molecule has 3 aromatic rings. The van der Waals surface area contributed by atoms with Crippen LogP contribution in [0.2, 0.25) is 0 Å². The number of phenols is 2. The molecular formula is C20H17NO4. The number of anilines is 1. The average Bonchev–Trinajstić information content (AvgIpc) is 2.59. The molecule has 0 heterocycles. The third-order valence-corrected chi connectivity index (χ3v) is 3.90. The number of benzene rings is 3. The summed E-state index contributed by atoms with van der Waals surface area (Å²) in [5, 5.41) is 24.0. The molecule has 0 saturated carbocycles. The zero-order valence-electron chi connectivity index (χ0n) is 13.4. The van der Waals surface area contributed by atoms with E-state index in [9.17, 15) is 19.8 Å². The van der Waals surface area contributed by atoms with Crippen molar-refractivity contribution >= 4 is 28.2 Å².